The lowest BCUT2D eigenvalue weighted by Crippen LogP contribution is -2.26. The summed E-state index contributed by atoms with van der Waals surface area (Å²) >= 11 is 0. The molecular formula is C18H24NO2+. The Morgan fingerprint density at radius 2 is 2.10 bits per heavy atom. The summed E-state index contributed by atoms with van der Waals surface area (Å²) in [6.07, 6.45) is 2.83. The van der Waals surface area contributed by atoms with E-state index < -0.39 is 0 Å². The second kappa shape index (κ2) is 6.25. The lowest BCUT2D eigenvalue weighted by Gasteiger charge is -2.14. The van der Waals surface area contributed by atoms with E-state index in [-0.39, 0.29) is 11.4 Å². The largest absolute Gasteiger partial charge is 0.461 e. The van der Waals surface area contributed by atoms with Crippen molar-refractivity contribution >= 4 is 17.4 Å². The van der Waals surface area contributed by atoms with Crippen LogP contribution in [-0.2, 0) is 14.9 Å². The Labute approximate surface area is 126 Å². The Balaban J connectivity index is 2.05. The molecule has 0 amide bonds. The van der Waals surface area contributed by atoms with Crippen molar-refractivity contribution < 1.29 is 14.1 Å². The molecule has 1 aliphatic heterocycles. The number of hydrogen-bond acceptors (Lipinski definition) is 2. The molecule has 2 rings (SSSR count). The highest BCUT2D eigenvalue weighted by atomic mass is 16.5. The fourth-order valence-electron chi connectivity index (χ4n) is 2.84. The van der Waals surface area contributed by atoms with Gasteiger partial charge in [-0.2, -0.15) is 4.58 Å². The topological polar surface area (TPSA) is 29.3 Å². The van der Waals surface area contributed by atoms with Crippen molar-refractivity contribution in [1.82, 2.24) is 0 Å². The summed E-state index contributed by atoms with van der Waals surface area (Å²) < 4.78 is 7.34. The van der Waals surface area contributed by atoms with Crippen LogP contribution in [0.1, 0.15) is 39.2 Å². The zero-order chi connectivity index (χ0) is 15.5. The molecule has 0 saturated heterocycles. The molecule has 1 aromatic carbocycles. The molecule has 0 radical (unpaired) electrons. The van der Waals surface area contributed by atoms with Crippen molar-refractivity contribution in [2.24, 2.45) is 0 Å². The van der Waals surface area contributed by atoms with Gasteiger partial charge in [-0.15, -0.1) is 0 Å². The zero-order valence-corrected chi connectivity index (χ0v) is 13.2. The highest BCUT2D eigenvalue weighted by Gasteiger charge is 2.42. The minimum absolute atomic E-state index is 0.0555. The van der Waals surface area contributed by atoms with Gasteiger partial charge in [-0.05, 0) is 13.8 Å². The zero-order valence-electron chi connectivity index (χ0n) is 13.2. The Morgan fingerprint density at radius 3 is 2.81 bits per heavy atom. The summed E-state index contributed by atoms with van der Waals surface area (Å²) in [5.74, 6) is -0.153. The molecule has 0 aliphatic carbocycles. The lowest BCUT2D eigenvalue weighted by molar-refractivity contribution is -0.439. The van der Waals surface area contributed by atoms with Gasteiger partial charge in [-0.3, -0.25) is 4.79 Å². The molecule has 1 heterocycles. The summed E-state index contributed by atoms with van der Waals surface area (Å²) in [6.45, 7) is 11.4. The predicted octanol–water partition coefficient (Wildman–Crippen LogP) is 3.59. The first-order valence-corrected chi connectivity index (χ1v) is 7.46. The first kappa shape index (κ1) is 15.5. The van der Waals surface area contributed by atoms with Crippen molar-refractivity contribution in [3.05, 3.63) is 42.5 Å². The number of carbonyl (C=O) groups is 1. The van der Waals surface area contributed by atoms with Crippen molar-refractivity contribution in [2.45, 2.75) is 39.0 Å². The normalized spacial score (nSPS) is 15.8. The molecule has 1 aromatic rings. The number of rotatable bonds is 6. The molecule has 3 heteroatoms. The maximum absolute atomic E-state index is 11.5. The number of ether oxygens (including phenoxy) is 1. The Bertz CT molecular complexity index is 585. The molecule has 0 spiro atoms. The highest BCUT2D eigenvalue weighted by Crippen LogP contribution is 2.39. The highest BCUT2D eigenvalue weighted by molar-refractivity contribution is 5.93. The fraction of sp³-hybridized carbons (Fsp3) is 0.444. The summed E-state index contributed by atoms with van der Waals surface area (Å²) in [4.78, 5) is 11.5. The molecule has 0 fully saturated rings. The van der Waals surface area contributed by atoms with Gasteiger partial charge >= 0.3 is 5.97 Å². The monoisotopic (exact) mass is 286 g/mol. The van der Waals surface area contributed by atoms with Gasteiger partial charge in [0, 0.05) is 25.0 Å². The minimum atomic E-state index is -0.153. The average molecular weight is 286 g/mol. The van der Waals surface area contributed by atoms with Crippen LogP contribution in [0.5, 0.6) is 0 Å². The number of fused-ring (bicyclic) bond motifs is 1. The summed E-state index contributed by atoms with van der Waals surface area (Å²) in [5, 5.41) is 0. The molecule has 3 nitrogen and oxygen atoms in total. The second-order valence-corrected chi connectivity index (χ2v) is 5.95. The van der Waals surface area contributed by atoms with Crippen LogP contribution in [0.4, 0.5) is 5.69 Å². The molecule has 0 saturated carbocycles. The molecule has 0 N–H and O–H groups in total. The van der Waals surface area contributed by atoms with Crippen LogP contribution in [0.3, 0.4) is 0 Å². The Kier molecular flexibility index (Phi) is 4.61. The summed E-state index contributed by atoms with van der Waals surface area (Å²) in [6, 6.07) is 8.50. The fourth-order valence-corrected chi connectivity index (χ4v) is 2.84. The minimum Gasteiger partial charge on any atom is -0.461 e. The average Bonchev–Trinajstić information content (AvgIpc) is 2.66. The number of para-hydroxylation sites is 1. The molecule has 0 atom stereocenters. The van der Waals surface area contributed by atoms with Crippen LogP contribution < -0.4 is 0 Å². The van der Waals surface area contributed by atoms with Crippen molar-refractivity contribution in [2.75, 3.05) is 13.2 Å². The molecule has 0 unspecified atom stereocenters. The van der Waals surface area contributed by atoms with Crippen LogP contribution in [0.2, 0.25) is 0 Å². The van der Waals surface area contributed by atoms with E-state index in [1.165, 1.54) is 17.0 Å². The molecule has 0 aromatic heterocycles. The van der Waals surface area contributed by atoms with E-state index in [0.717, 1.165) is 13.0 Å². The van der Waals surface area contributed by atoms with Crippen LogP contribution in [0.15, 0.2) is 36.9 Å². The maximum atomic E-state index is 11.5. The number of benzene rings is 1. The van der Waals surface area contributed by atoms with Gasteiger partial charge in [-0.25, -0.2) is 0 Å². The van der Waals surface area contributed by atoms with E-state index in [2.05, 4.69) is 56.2 Å². The summed E-state index contributed by atoms with van der Waals surface area (Å²) in [7, 11) is 0. The number of nitrogens with zero attached hydrogens (tertiary/aromatic N) is 1. The van der Waals surface area contributed by atoms with E-state index in [0.29, 0.717) is 13.0 Å². The van der Waals surface area contributed by atoms with Crippen LogP contribution in [0, 0.1) is 0 Å². The molecule has 0 bridgehead atoms. The van der Waals surface area contributed by atoms with E-state index in [1.807, 2.05) is 0 Å². The SMILES string of the molecule is C=CCOC(=O)CCC[N+]1=C(C)C(C)(C)c2ccccc21. The second-order valence-electron chi connectivity index (χ2n) is 5.95. The van der Waals surface area contributed by atoms with Crippen molar-refractivity contribution in [3.8, 4) is 0 Å². The molecular weight excluding hydrogens is 262 g/mol. The lowest BCUT2D eigenvalue weighted by atomic mass is 9.82. The third kappa shape index (κ3) is 3.07. The van der Waals surface area contributed by atoms with E-state index in [9.17, 15) is 4.79 Å². The van der Waals surface area contributed by atoms with Gasteiger partial charge < -0.3 is 4.74 Å². The number of esters is 1. The molecule has 1 aliphatic rings. The van der Waals surface area contributed by atoms with Crippen LogP contribution in [0.25, 0.3) is 0 Å². The number of hydrogen-bond donors (Lipinski definition) is 0. The Morgan fingerprint density at radius 1 is 1.38 bits per heavy atom. The first-order valence-electron chi connectivity index (χ1n) is 7.46. The first-order chi connectivity index (χ1) is 9.98. The summed E-state index contributed by atoms with van der Waals surface area (Å²) in [5.41, 5.74) is 4.01. The van der Waals surface area contributed by atoms with E-state index >= 15 is 0 Å². The van der Waals surface area contributed by atoms with Gasteiger partial charge in [0.15, 0.2) is 5.71 Å². The quantitative estimate of drug-likeness (QED) is 0.454. The van der Waals surface area contributed by atoms with Crippen molar-refractivity contribution in [3.63, 3.8) is 0 Å². The van der Waals surface area contributed by atoms with Gasteiger partial charge in [0.1, 0.15) is 13.2 Å². The predicted molar refractivity (Wildman–Crippen MR) is 85.3 cm³/mol. The Hall–Kier alpha value is -1.90. The number of carbonyl (C=O) groups excluding carboxylic acids is 1. The van der Waals surface area contributed by atoms with Gasteiger partial charge in [0.05, 0.1) is 11.8 Å². The van der Waals surface area contributed by atoms with E-state index in [4.69, 9.17) is 4.74 Å². The maximum Gasteiger partial charge on any atom is 0.306 e. The third-order valence-electron chi connectivity index (χ3n) is 4.30. The van der Waals surface area contributed by atoms with E-state index in [1.54, 1.807) is 6.08 Å². The van der Waals surface area contributed by atoms with Gasteiger partial charge in [0.2, 0.25) is 5.69 Å². The molecule has 112 valence electrons. The van der Waals surface area contributed by atoms with Gasteiger partial charge in [-0.1, -0.05) is 30.9 Å². The van der Waals surface area contributed by atoms with Crippen molar-refractivity contribution in [1.29, 1.82) is 0 Å². The molecule has 21 heavy (non-hydrogen) atoms. The van der Waals surface area contributed by atoms with Crippen LogP contribution >= 0.6 is 0 Å². The van der Waals surface area contributed by atoms with Crippen LogP contribution in [-0.4, -0.2) is 29.4 Å². The standard InChI is InChI=1S/C18H24NO2/c1-5-13-21-17(20)11-8-12-19-14(2)18(3,4)15-9-6-7-10-16(15)19/h5-7,9-10H,1,8,11-13H2,2-4H3/q+1. The van der Waals surface area contributed by atoms with Gasteiger partial charge in [0.25, 0.3) is 0 Å². The smallest absolute Gasteiger partial charge is 0.306 e. The third-order valence-corrected chi connectivity index (χ3v) is 4.30.